The quantitative estimate of drug-likeness (QED) is 0.782. The molecule has 0 amide bonds. The third-order valence-electron chi connectivity index (χ3n) is 4.68. The lowest BCUT2D eigenvalue weighted by Crippen LogP contribution is -2.43. The zero-order valence-electron chi connectivity index (χ0n) is 12.1. The highest BCUT2D eigenvalue weighted by molar-refractivity contribution is 5.95. The molecule has 112 valence electrons. The number of ketones is 2. The second-order valence-corrected chi connectivity index (χ2v) is 6.10. The maximum Gasteiger partial charge on any atom is 0.162 e. The molecule has 0 spiro atoms. The van der Waals surface area contributed by atoms with Crippen LogP contribution in [0.1, 0.15) is 48.9 Å². The molecule has 2 aliphatic heterocycles. The molecule has 1 aromatic carbocycles. The molecular weight excluding hydrogens is 269 g/mol. The van der Waals surface area contributed by atoms with Crippen LogP contribution >= 0.6 is 0 Å². The van der Waals surface area contributed by atoms with E-state index in [2.05, 4.69) is 4.90 Å². The van der Waals surface area contributed by atoms with E-state index < -0.39 is 0 Å². The molecule has 0 aliphatic carbocycles. The van der Waals surface area contributed by atoms with Crippen LogP contribution in [0.3, 0.4) is 0 Å². The van der Waals surface area contributed by atoms with Crippen molar-refractivity contribution in [3.63, 3.8) is 0 Å². The van der Waals surface area contributed by atoms with Gasteiger partial charge in [-0.15, -0.1) is 0 Å². The van der Waals surface area contributed by atoms with Crippen molar-refractivity contribution in [1.82, 2.24) is 4.90 Å². The van der Waals surface area contributed by atoms with Crippen LogP contribution in [0.5, 0.6) is 0 Å². The number of piperidine rings is 1. The molecule has 2 heterocycles. The predicted molar refractivity (Wildman–Crippen MR) is 77.7 cm³/mol. The van der Waals surface area contributed by atoms with E-state index in [0.717, 1.165) is 25.8 Å². The van der Waals surface area contributed by atoms with Gasteiger partial charge in [-0.25, -0.2) is 4.39 Å². The van der Waals surface area contributed by atoms with E-state index in [1.54, 1.807) is 12.1 Å². The van der Waals surface area contributed by atoms with Crippen LogP contribution < -0.4 is 0 Å². The van der Waals surface area contributed by atoms with Gasteiger partial charge in [0.25, 0.3) is 0 Å². The lowest BCUT2D eigenvalue weighted by atomic mass is 10.0. The van der Waals surface area contributed by atoms with Gasteiger partial charge in [0.1, 0.15) is 11.6 Å². The van der Waals surface area contributed by atoms with Crippen molar-refractivity contribution in [3.8, 4) is 0 Å². The molecule has 2 bridgehead atoms. The zero-order valence-corrected chi connectivity index (χ0v) is 12.1. The van der Waals surface area contributed by atoms with E-state index >= 15 is 0 Å². The van der Waals surface area contributed by atoms with Crippen molar-refractivity contribution in [2.24, 2.45) is 0 Å². The minimum absolute atomic E-state index is 0.0652. The van der Waals surface area contributed by atoms with Crippen molar-refractivity contribution in [3.05, 3.63) is 35.6 Å². The number of hydrogen-bond acceptors (Lipinski definition) is 3. The fraction of sp³-hybridized carbons (Fsp3) is 0.529. The Morgan fingerprint density at radius 3 is 2.38 bits per heavy atom. The van der Waals surface area contributed by atoms with Crippen LogP contribution in [0.2, 0.25) is 0 Å². The Kier molecular flexibility index (Phi) is 4.15. The third-order valence-corrected chi connectivity index (χ3v) is 4.68. The first-order valence-corrected chi connectivity index (χ1v) is 7.69. The molecule has 4 heteroatoms. The van der Waals surface area contributed by atoms with Gasteiger partial charge in [-0.3, -0.25) is 14.5 Å². The van der Waals surface area contributed by atoms with Crippen molar-refractivity contribution < 1.29 is 14.0 Å². The summed E-state index contributed by atoms with van der Waals surface area (Å²) in [4.78, 5) is 26.0. The van der Waals surface area contributed by atoms with Gasteiger partial charge in [0.15, 0.2) is 5.78 Å². The minimum Gasteiger partial charge on any atom is -0.300 e. The van der Waals surface area contributed by atoms with E-state index in [1.807, 2.05) is 0 Å². The number of fused-ring (bicyclic) bond motifs is 2. The Bertz CT molecular complexity index is 524. The van der Waals surface area contributed by atoms with Gasteiger partial charge in [-0.2, -0.15) is 0 Å². The molecule has 0 N–H and O–H groups in total. The lowest BCUT2D eigenvalue weighted by molar-refractivity contribution is -0.123. The molecule has 2 fully saturated rings. The first-order chi connectivity index (χ1) is 10.1. The molecular formula is C17H20FNO2. The number of benzene rings is 1. The molecule has 1 aromatic rings. The second-order valence-electron chi connectivity index (χ2n) is 6.10. The molecule has 3 rings (SSSR count). The smallest absolute Gasteiger partial charge is 0.162 e. The van der Waals surface area contributed by atoms with Crippen LogP contribution in [0.4, 0.5) is 4.39 Å². The Morgan fingerprint density at radius 2 is 1.76 bits per heavy atom. The summed E-state index contributed by atoms with van der Waals surface area (Å²) in [6.45, 7) is 0.884. The van der Waals surface area contributed by atoms with Crippen molar-refractivity contribution in [1.29, 1.82) is 0 Å². The fourth-order valence-electron chi connectivity index (χ4n) is 3.63. The number of Topliss-reactive ketones (excluding diaryl/α,β-unsaturated/α-hetero) is 2. The third kappa shape index (κ3) is 3.21. The number of carbonyl (C=O) groups is 2. The molecule has 0 unspecified atom stereocenters. The van der Waals surface area contributed by atoms with Crippen molar-refractivity contribution in [2.75, 3.05) is 6.54 Å². The highest BCUT2D eigenvalue weighted by atomic mass is 19.1. The first-order valence-electron chi connectivity index (χ1n) is 7.69. The first kappa shape index (κ1) is 14.4. The summed E-state index contributed by atoms with van der Waals surface area (Å²) in [5, 5.41) is 0. The van der Waals surface area contributed by atoms with Crippen LogP contribution in [-0.2, 0) is 4.79 Å². The van der Waals surface area contributed by atoms with Gasteiger partial charge >= 0.3 is 0 Å². The number of halogens is 1. The summed E-state index contributed by atoms with van der Waals surface area (Å²) in [6, 6.07) is 6.53. The van der Waals surface area contributed by atoms with Gasteiger partial charge in [0, 0.05) is 36.9 Å². The summed E-state index contributed by atoms with van der Waals surface area (Å²) >= 11 is 0. The van der Waals surface area contributed by atoms with Crippen molar-refractivity contribution in [2.45, 2.75) is 50.6 Å². The zero-order chi connectivity index (χ0) is 14.8. The Morgan fingerprint density at radius 1 is 1.14 bits per heavy atom. The Balaban J connectivity index is 1.49. The highest BCUT2D eigenvalue weighted by Crippen LogP contribution is 2.33. The summed E-state index contributed by atoms with van der Waals surface area (Å²) in [5.74, 6) is 0.137. The molecule has 21 heavy (non-hydrogen) atoms. The lowest BCUT2D eigenvalue weighted by Gasteiger charge is -2.33. The molecule has 0 saturated carbocycles. The van der Waals surface area contributed by atoms with Crippen LogP contribution in [0.15, 0.2) is 24.3 Å². The Labute approximate surface area is 124 Å². The van der Waals surface area contributed by atoms with Gasteiger partial charge < -0.3 is 0 Å². The number of hydrogen-bond donors (Lipinski definition) is 0. The summed E-state index contributed by atoms with van der Waals surface area (Å²) in [6.07, 6.45) is 4.88. The largest absolute Gasteiger partial charge is 0.300 e. The molecule has 0 radical (unpaired) electrons. The topological polar surface area (TPSA) is 37.4 Å². The van der Waals surface area contributed by atoms with E-state index in [-0.39, 0.29) is 11.6 Å². The van der Waals surface area contributed by atoms with Gasteiger partial charge in [0.05, 0.1) is 0 Å². The monoisotopic (exact) mass is 289 g/mol. The van der Waals surface area contributed by atoms with Crippen LogP contribution in [0.25, 0.3) is 0 Å². The minimum atomic E-state index is -0.318. The Hall–Kier alpha value is -1.55. The maximum atomic E-state index is 12.8. The number of carbonyl (C=O) groups excluding carboxylic acids is 2. The van der Waals surface area contributed by atoms with Gasteiger partial charge in [-0.1, -0.05) is 0 Å². The standard InChI is InChI=1S/C17H20FNO2/c18-13-5-3-12(4-6-13)17(21)2-1-9-19-14-7-8-15(19)11-16(20)10-14/h3-6,14-15H,1-2,7-11H2/t14-,15+. The molecule has 2 saturated heterocycles. The van der Waals surface area contributed by atoms with Gasteiger partial charge in [0.2, 0.25) is 0 Å². The van der Waals surface area contributed by atoms with E-state index in [9.17, 15) is 14.0 Å². The maximum absolute atomic E-state index is 12.8. The average molecular weight is 289 g/mol. The normalized spacial score (nSPS) is 25.3. The number of rotatable bonds is 5. The average Bonchev–Trinajstić information content (AvgIpc) is 2.70. The highest BCUT2D eigenvalue weighted by Gasteiger charge is 2.39. The predicted octanol–water partition coefficient (Wildman–Crippen LogP) is 2.98. The summed E-state index contributed by atoms with van der Waals surface area (Å²) < 4.78 is 12.8. The molecule has 3 nitrogen and oxygen atoms in total. The molecule has 0 aromatic heterocycles. The fourth-order valence-corrected chi connectivity index (χ4v) is 3.63. The molecule has 2 aliphatic rings. The molecule has 2 atom stereocenters. The van der Waals surface area contributed by atoms with Crippen molar-refractivity contribution >= 4 is 11.6 Å². The second kappa shape index (κ2) is 6.06. The van der Waals surface area contributed by atoms with E-state index in [1.165, 1.54) is 12.1 Å². The summed E-state index contributed by atoms with van der Waals surface area (Å²) in [5.41, 5.74) is 0.577. The SMILES string of the molecule is O=C1C[C@H]2CC[C@@H](C1)N2CCCC(=O)c1ccc(F)cc1. The van der Waals surface area contributed by atoms with Crippen LogP contribution in [0, 0.1) is 5.82 Å². The van der Waals surface area contributed by atoms with E-state index in [0.29, 0.717) is 42.7 Å². The van der Waals surface area contributed by atoms with Crippen LogP contribution in [-0.4, -0.2) is 35.1 Å². The number of nitrogens with zero attached hydrogens (tertiary/aromatic N) is 1. The van der Waals surface area contributed by atoms with E-state index in [4.69, 9.17) is 0 Å². The van der Waals surface area contributed by atoms with Gasteiger partial charge in [-0.05, 0) is 50.1 Å². The summed E-state index contributed by atoms with van der Waals surface area (Å²) in [7, 11) is 0.